The van der Waals surface area contributed by atoms with Gasteiger partial charge in [0.2, 0.25) is 0 Å². The molecule has 0 radical (unpaired) electrons. The Morgan fingerprint density at radius 3 is 2.48 bits per heavy atom. The van der Waals surface area contributed by atoms with Gasteiger partial charge in [0.1, 0.15) is 0 Å². The zero-order valence-corrected chi connectivity index (χ0v) is 16.1. The Balaban J connectivity index is 1.76. The van der Waals surface area contributed by atoms with Gasteiger partial charge in [-0.3, -0.25) is 9.69 Å². The van der Waals surface area contributed by atoms with Crippen LogP contribution in [0, 0.1) is 5.92 Å². The number of carbonyl (C=O) groups excluding carboxylic acids is 1. The number of likely N-dealkylation sites (tertiary alicyclic amines) is 1. The lowest BCUT2D eigenvalue weighted by molar-refractivity contribution is -0.139. The quantitative estimate of drug-likeness (QED) is 0.721. The Bertz CT molecular complexity index is 467. The zero-order valence-electron chi connectivity index (χ0n) is 16.1. The van der Waals surface area contributed by atoms with Crippen LogP contribution in [0.25, 0.3) is 0 Å². The lowest BCUT2D eigenvalue weighted by Gasteiger charge is -2.44. The Labute approximate surface area is 151 Å². The fraction of sp³-hybridized carbons (Fsp3) is 0.889. The number of rotatable bonds is 7. The summed E-state index contributed by atoms with van der Waals surface area (Å²) in [7, 11) is 1.90. The predicted octanol–water partition coefficient (Wildman–Crippen LogP) is 1.30. The van der Waals surface area contributed by atoms with Gasteiger partial charge in [-0.2, -0.15) is 0 Å². The second-order valence-corrected chi connectivity index (χ2v) is 7.57. The monoisotopic (exact) mass is 354 g/mol. The molecule has 2 fully saturated rings. The molecule has 1 heterocycles. The summed E-state index contributed by atoms with van der Waals surface area (Å²) in [5, 5.41) is 12.1. The molecule has 2 rings (SSSR count). The minimum absolute atomic E-state index is 0.00605. The van der Waals surface area contributed by atoms with Crippen molar-refractivity contribution in [2.24, 2.45) is 5.92 Å². The molecule has 25 heavy (non-hydrogen) atoms. The van der Waals surface area contributed by atoms with Crippen LogP contribution in [0.4, 0.5) is 4.79 Å². The van der Waals surface area contributed by atoms with Crippen molar-refractivity contribution in [1.29, 1.82) is 0 Å². The first kappa shape index (κ1) is 20.0. The highest BCUT2D eigenvalue weighted by Gasteiger charge is 2.37. The van der Waals surface area contributed by atoms with E-state index in [1.807, 2.05) is 23.8 Å². The summed E-state index contributed by atoms with van der Waals surface area (Å²) < 4.78 is 0. The highest BCUT2D eigenvalue weighted by molar-refractivity contribution is 5.74. The summed E-state index contributed by atoms with van der Waals surface area (Å²) >= 11 is 0. The van der Waals surface area contributed by atoms with E-state index in [0.717, 1.165) is 45.4 Å². The predicted molar refractivity (Wildman–Crippen MR) is 97.7 cm³/mol. The summed E-state index contributed by atoms with van der Waals surface area (Å²) in [5.41, 5.74) is 0. The lowest BCUT2D eigenvalue weighted by atomic mass is 9.85. The van der Waals surface area contributed by atoms with Crippen LogP contribution < -0.4 is 5.32 Å². The average Bonchev–Trinajstić information content (AvgIpc) is 2.54. The Kier molecular flexibility index (Phi) is 7.07. The molecule has 0 bridgehead atoms. The number of amides is 2. The van der Waals surface area contributed by atoms with E-state index in [2.05, 4.69) is 24.1 Å². The van der Waals surface area contributed by atoms with Gasteiger partial charge in [-0.1, -0.05) is 20.8 Å². The van der Waals surface area contributed by atoms with Crippen LogP contribution in [0.3, 0.4) is 0 Å². The van der Waals surface area contributed by atoms with Gasteiger partial charge >= 0.3 is 12.0 Å². The molecule has 7 nitrogen and oxygen atoms in total. The number of carboxylic acid groups (broad SMARTS) is 1. The highest BCUT2D eigenvalue weighted by Crippen LogP contribution is 2.26. The van der Waals surface area contributed by atoms with Crippen molar-refractivity contribution >= 4 is 12.0 Å². The van der Waals surface area contributed by atoms with Crippen molar-refractivity contribution in [2.75, 3.05) is 39.8 Å². The zero-order chi connectivity index (χ0) is 18.6. The second-order valence-electron chi connectivity index (χ2n) is 7.57. The van der Waals surface area contributed by atoms with Crippen molar-refractivity contribution < 1.29 is 14.7 Å². The molecule has 2 amide bonds. The van der Waals surface area contributed by atoms with Gasteiger partial charge < -0.3 is 20.2 Å². The third kappa shape index (κ3) is 5.07. The number of aliphatic carboxylic acids is 1. The van der Waals surface area contributed by atoms with Gasteiger partial charge in [-0.15, -0.1) is 0 Å². The first-order valence-electron chi connectivity index (χ1n) is 9.57. The molecule has 0 aromatic carbocycles. The molecule has 2 aliphatic rings. The molecule has 0 aromatic rings. The minimum Gasteiger partial charge on any atom is -0.480 e. The van der Waals surface area contributed by atoms with Gasteiger partial charge in [0.05, 0.1) is 6.54 Å². The molecule has 0 spiro atoms. The van der Waals surface area contributed by atoms with E-state index in [4.69, 9.17) is 5.11 Å². The number of urea groups is 1. The Morgan fingerprint density at radius 2 is 1.96 bits per heavy atom. The second kappa shape index (κ2) is 8.85. The molecule has 144 valence electrons. The first-order valence-corrected chi connectivity index (χ1v) is 9.57. The molecular weight excluding hydrogens is 320 g/mol. The van der Waals surface area contributed by atoms with Crippen LogP contribution >= 0.6 is 0 Å². The summed E-state index contributed by atoms with van der Waals surface area (Å²) in [5.74, 6) is -0.314. The van der Waals surface area contributed by atoms with Crippen LogP contribution in [-0.2, 0) is 4.79 Å². The number of hydrogen-bond acceptors (Lipinski definition) is 4. The van der Waals surface area contributed by atoms with Crippen LogP contribution in [0.1, 0.15) is 40.0 Å². The maximum Gasteiger partial charge on any atom is 0.317 e. The molecule has 0 aromatic heterocycles. The molecule has 7 heteroatoms. The fourth-order valence-corrected chi connectivity index (χ4v) is 4.19. The molecule has 1 aliphatic heterocycles. The number of nitrogens with zero attached hydrogens (tertiary/aromatic N) is 3. The van der Waals surface area contributed by atoms with Gasteiger partial charge in [0.25, 0.3) is 0 Å². The topological polar surface area (TPSA) is 76.1 Å². The number of piperidine rings is 1. The molecule has 2 N–H and O–H groups in total. The molecule has 1 aliphatic carbocycles. The molecular formula is C18H34N4O3. The largest absolute Gasteiger partial charge is 0.480 e. The van der Waals surface area contributed by atoms with E-state index in [0.29, 0.717) is 5.92 Å². The fourth-order valence-electron chi connectivity index (χ4n) is 4.19. The maximum absolute atomic E-state index is 12.6. The minimum atomic E-state index is -0.790. The molecule has 2 unspecified atom stereocenters. The van der Waals surface area contributed by atoms with E-state index >= 15 is 0 Å². The van der Waals surface area contributed by atoms with E-state index < -0.39 is 5.97 Å². The van der Waals surface area contributed by atoms with Crippen LogP contribution in [0.15, 0.2) is 0 Å². The normalized spacial score (nSPS) is 30.0. The van der Waals surface area contributed by atoms with Crippen molar-refractivity contribution in [3.63, 3.8) is 0 Å². The van der Waals surface area contributed by atoms with Crippen LogP contribution in [0.2, 0.25) is 0 Å². The summed E-state index contributed by atoms with van der Waals surface area (Å²) in [6.07, 6.45) is 2.70. The summed E-state index contributed by atoms with van der Waals surface area (Å²) in [6.45, 7) is 10.4. The Morgan fingerprint density at radius 1 is 1.28 bits per heavy atom. The number of carboxylic acids is 1. The summed E-state index contributed by atoms with van der Waals surface area (Å²) in [6, 6.07) is 0.724. The third-order valence-corrected chi connectivity index (χ3v) is 5.91. The van der Waals surface area contributed by atoms with Gasteiger partial charge in [-0.25, -0.2) is 4.79 Å². The summed E-state index contributed by atoms with van der Waals surface area (Å²) in [4.78, 5) is 29.7. The van der Waals surface area contributed by atoms with Crippen molar-refractivity contribution in [3.05, 3.63) is 0 Å². The van der Waals surface area contributed by atoms with E-state index in [9.17, 15) is 9.59 Å². The Hall–Kier alpha value is -1.34. The molecule has 1 saturated carbocycles. The first-order chi connectivity index (χ1) is 11.8. The van der Waals surface area contributed by atoms with Gasteiger partial charge in [-0.05, 0) is 38.3 Å². The number of nitrogens with one attached hydrogen (secondary N) is 1. The van der Waals surface area contributed by atoms with E-state index in [1.165, 1.54) is 0 Å². The lowest BCUT2D eigenvalue weighted by Crippen LogP contribution is -2.59. The van der Waals surface area contributed by atoms with Crippen molar-refractivity contribution in [1.82, 2.24) is 20.0 Å². The van der Waals surface area contributed by atoms with Crippen LogP contribution in [0.5, 0.6) is 0 Å². The van der Waals surface area contributed by atoms with E-state index in [-0.39, 0.29) is 30.7 Å². The molecule has 2 atom stereocenters. The highest BCUT2D eigenvalue weighted by atomic mass is 16.4. The number of hydrogen-bond donors (Lipinski definition) is 2. The average molecular weight is 354 g/mol. The number of carbonyl (C=O) groups is 2. The SMILES string of the molecule is CCN1CCC(N(C)C(=O)NC2CC(N(CC)CC(=O)O)C2)C(C)C1. The molecule has 1 saturated heterocycles. The van der Waals surface area contributed by atoms with Crippen molar-refractivity contribution in [3.8, 4) is 0 Å². The van der Waals surface area contributed by atoms with Crippen LogP contribution in [-0.4, -0.2) is 89.7 Å². The number of likely N-dealkylation sites (N-methyl/N-ethyl adjacent to an activating group) is 1. The third-order valence-electron chi connectivity index (χ3n) is 5.91. The van der Waals surface area contributed by atoms with Gasteiger partial charge in [0.15, 0.2) is 0 Å². The van der Waals surface area contributed by atoms with Gasteiger partial charge in [0, 0.05) is 38.3 Å². The standard InChI is InChI=1S/C18H34N4O3/c1-5-21-8-7-16(13(3)11-21)20(4)18(25)19-14-9-15(10-14)22(6-2)12-17(23)24/h13-16H,5-12H2,1-4H3,(H,19,25)(H,23,24). The smallest absolute Gasteiger partial charge is 0.317 e. The van der Waals surface area contributed by atoms with Crippen molar-refractivity contribution in [2.45, 2.75) is 58.2 Å². The van der Waals surface area contributed by atoms with E-state index in [1.54, 1.807) is 0 Å². The maximum atomic E-state index is 12.6.